The molecule has 1 unspecified atom stereocenters. The third-order valence-corrected chi connectivity index (χ3v) is 3.46. The Morgan fingerprint density at radius 2 is 2.06 bits per heavy atom. The minimum absolute atomic E-state index is 0.127. The van der Waals surface area contributed by atoms with E-state index in [-0.39, 0.29) is 11.7 Å². The van der Waals surface area contributed by atoms with Gasteiger partial charge >= 0.3 is 0 Å². The summed E-state index contributed by atoms with van der Waals surface area (Å²) in [5.74, 6) is 0.412. The van der Waals surface area contributed by atoms with Crippen molar-refractivity contribution in [2.24, 2.45) is 5.92 Å². The predicted octanol–water partition coefficient (Wildman–Crippen LogP) is 2.48. The molecule has 1 aromatic carbocycles. The van der Waals surface area contributed by atoms with Crippen LogP contribution < -0.4 is 0 Å². The number of ketones is 1. The van der Waals surface area contributed by atoms with Crippen LogP contribution in [0.25, 0.3) is 0 Å². The topological polar surface area (TPSA) is 35.5 Å². The summed E-state index contributed by atoms with van der Waals surface area (Å²) >= 11 is 0. The molecule has 1 aliphatic carbocycles. The number of aryl methyl sites for hydroxylation is 1. The number of rotatable bonds is 6. The molecule has 2 rings (SSSR count). The molecule has 98 valence electrons. The number of benzene rings is 1. The van der Waals surface area contributed by atoms with Crippen LogP contribution >= 0.6 is 0 Å². The molecule has 1 aromatic rings. The van der Waals surface area contributed by atoms with Gasteiger partial charge in [0, 0.05) is 25.2 Å². The molecular formula is C15H20O3. The van der Waals surface area contributed by atoms with Gasteiger partial charge < -0.3 is 9.47 Å². The van der Waals surface area contributed by atoms with Crippen LogP contribution in [0.1, 0.15) is 28.8 Å². The van der Waals surface area contributed by atoms with Gasteiger partial charge in [0.2, 0.25) is 0 Å². The lowest BCUT2D eigenvalue weighted by molar-refractivity contribution is 0.0591. The number of methoxy groups -OCH3 is 1. The first-order chi connectivity index (χ1) is 8.83. The van der Waals surface area contributed by atoms with Crippen molar-refractivity contribution < 1.29 is 14.3 Å². The van der Waals surface area contributed by atoms with E-state index in [2.05, 4.69) is 6.07 Å². The number of fused-ring (bicyclic) bond motifs is 1. The number of hydrogen-bond donors (Lipinski definition) is 0. The summed E-state index contributed by atoms with van der Waals surface area (Å²) in [5, 5.41) is 0. The van der Waals surface area contributed by atoms with Crippen LogP contribution in [0.3, 0.4) is 0 Å². The van der Waals surface area contributed by atoms with Crippen molar-refractivity contribution in [2.45, 2.75) is 19.3 Å². The number of carbonyl (C=O) groups is 1. The van der Waals surface area contributed by atoms with Gasteiger partial charge in [-0.05, 0) is 24.8 Å². The summed E-state index contributed by atoms with van der Waals surface area (Å²) in [5.41, 5.74) is 2.10. The molecule has 0 fully saturated rings. The highest BCUT2D eigenvalue weighted by atomic mass is 16.5. The SMILES string of the molecule is COCCOCCC1CCc2ccccc2C1=O. The number of carbonyl (C=O) groups excluding carboxylic acids is 1. The van der Waals surface area contributed by atoms with E-state index in [1.807, 2.05) is 18.2 Å². The van der Waals surface area contributed by atoms with Crippen molar-refractivity contribution in [3.8, 4) is 0 Å². The molecule has 18 heavy (non-hydrogen) atoms. The van der Waals surface area contributed by atoms with Crippen molar-refractivity contribution >= 4 is 5.78 Å². The van der Waals surface area contributed by atoms with Gasteiger partial charge in [0.15, 0.2) is 5.78 Å². The third kappa shape index (κ3) is 3.18. The zero-order valence-corrected chi connectivity index (χ0v) is 10.9. The van der Waals surface area contributed by atoms with E-state index >= 15 is 0 Å². The summed E-state index contributed by atoms with van der Waals surface area (Å²) in [4.78, 5) is 12.3. The highest BCUT2D eigenvalue weighted by molar-refractivity contribution is 6.00. The summed E-state index contributed by atoms with van der Waals surface area (Å²) in [7, 11) is 1.66. The van der Waals surface area contributed by atoms with E-state index < -0.39 is 0 Å². The number of ether oxygens (including phenoxy) is 2. The second-order valence-corrected chi connectivity index (χ2v) is 4.65. The Bertz CT molecular complexity index is 400. The quantitative estimate of drug-likeness (QED) is 0.726. The van der Waals surface area contributed by atoms with Gasteiger partial charge in [0.25, 0.3) is 0 Å². The van der Waals surface area contributed by atoms with Gasteiger partial charge in [-0.25, -0.2) is 0 Å². The molecule has 0 saturated heterocycles. The van der Waals surface area contributed by atoms with Gasteiger partial charge in [-0.15, -0.1) is 0 Å². The minimum Gasteiger partial charge on any atom is -0.382 e. The summed E-state index contributed by atoms with van der Waals surface area (Å²) < 4.78 is 10.3. The predicted molar refractivity (Wildman–Crippen MR) is 69.9 cm³/mol. The molecule has 0 aromatic heterocycles. The monoisotopic (exact) mass is 248 g/mol. The lowest BCUT2D eigenvalue weighted by atomic mass is 9.81. The van der Waals surface area contributed by atoms with Crippen LogP contribution in [0.5, 0.6) is 0 Å². The first kappa shape index (κ1) is 13.2. The van der Waals surface area contributed by atoms with Crippen LogP contribution in [0.2, 0.25) is 0 Å². The van der Waals surface area contributed by atoms with Gasteiger partial charge in [-0.2, -0.15) is 0 Å². The Morgan fingerprint density at radius 3 is 2.89 bits per heavy atom. The second kappa shape index (κ2) is 6.66. The van der Waals surface area contributed by atoms with Crippen LogP contribution in [0.15, 0.2) is 24.3 Å². The first-order valence-corrected chi connectivity index (χ1v) is 6.51. The first-order valence-electron chi connectivity index (χ1n) is 6.51. The highest BCUT2D eigenvalue weighted by Crippen LogP contribution is 2.27. The van der Waals surface area contributed by atoms with Gasteiger partial charge in [-0.1, -0.05) is 24.3 Å². The molecule has 1 aliphatic rings. The highest BCUT2D eigenvalue weighted by Gasteiger charge is 2.26. The van der Waals surface area contributed by atoms with E-state index in [4.69, 9.17) is 9.47 Å². The summed E-state index contributed by atoms with van der Waals surface area (Å²) in [6.07, 6.45) is 2.77. The minimum atomic E-state index is 0.127. The molecule has 1 atom stereocenters. The number of hydrogen-bond acceptors (Lipinski definition) is 3. The average molecular weight is 248 g/mol. The average Bonchev–Trinajstić information content (AvgIpc) is 2.41. The Morgan fingerprint density at radius 1 is 1.22 bits per heavy atom. The van der Waals surface area contributed by atoms with Gasteiger partial charge in [-0.3, -0.25) is 4.79 Å². The maximum atomic E-state index is 12.3. The molecule has 0 spiro atoms. The fraction of sp³-hybridized carbons (Fsp3) is 0.533. The normalized spacial score (nSPS) is 18.7. The van der Waals surface area contributed by atoms with Crippen molar-refractivity contribution in [3.63, 3.8) is 0 Å². The molecule has 0 saturated carbocycles. The van der Waals surface area contributed by atoms with Gasteiger partial charge in [0.1, 0.15) is 0 Å². The zero-order chi connectivity index (χ0) is 12.8. The molecule has 3 nitrogen and oxygen atoms in total. The fourth-order valence-corrected chi connectivity index (χ4v) is 2.40. The van der Waals surface area contributed by atoms with E-state index in [1.165, 1.54) is 5.56 Å². The zero-order valence-electron chi connectivity index (χ0n) is 10.9. The lowest BCUT2D eigenvalue weighted by Gasteiger charge is -2.23. The van der Waals surface area contributed by atoms with Crippen molar-refractivity contribution in [1.29, 1.82) is 0 Å². The molecule has 0 heterocycles. The summed E-state index contributed by atoms with van der Waals surface area (Å²) in [6, 6.07) is 7.93. The molecule has 0 amide bonds. The van der Waals surface area contributed by atoms with Crippen LogP contribution in [-0.2, 0) is 15.9 Å². The van der Waals surface area contributed by atoms with Crippen LogP contribution in [-0.4, -0.2) is 32.7 Å². The van der Waals surface area contributed by atoms with Crippen molar-refractivity contribution in [3.05, 3.63) is 35.4 Å². The molecular weight excluding hydrogens is 228 g/mol. The van der Waals surface area contributed by atoms with E-state index in [0.717, 1.165) is 24.8 Å². The maximum absolute atomic E-state index is 12.3. The third-order valence-electron chi connectivity index (χ3n) is 3.46. The smallest absolute Gasteiger partial charge is 0.166 e. The maximum Gasteiger partial charge on any atom is 0.166 e. The van der Waals surface area contributed by atoms with Crippen molar-refractivity contribution in [1.82, 2.24) is 0 Å². The molecule has 0 N–H and O–H groups in total. The largest absolute Gasteiger partial charge is 0.382 e. The van der Waals surface area contributed by atoms with E-state index in [1.54, 1.807) is 7.11 Å². The second-order valence-electron chi connectivity index (χ2n) is 4.65. The molecule has 3 heteroatoms. The Labute approximate surface area is 108 Å². The van der Waals surface area contributed by atoms with Crippen LogP contribution in [0, 0.1) is 5.92 Å². The lowest BCUT2D eigenvalue weighted by Crippen LogP contribution is -2.24. The number of Topliss-reactive ketones (excluding diaryl/α,β-unsaturated/α-hetero) is 1. The molecule has 0 bridgehead atoms. The van der Waals surface area contributed by atoms with E-state index in [0.29, 0.717) is 19.8 Å². The fourth-order valence-electron chi connectivity index (χ4n) is 2.40. The molecule has 0 aliphatic heterocycles. The Balaban J connectivity index is 1.84. The van der Waals surface area contributed by atoms with E-state index in [9.17, 15) is 4.79 Å². The summed E-state index contributed by atoms with van der Waals surface area (Å²) in [6.45, 7) is 1.86. The van der Waals surface area contributed by atoms with Crippen molar-refractivity contribution in [2.75, 3.05) is 26.9 Å². The Kier molecular flexibility index (Phi) is 4.90. The standard InChI is InChI=1S/C15H20O3/c1-17-10-11-18-9-8-13-7-6-12-4-2-3-5-14(12)15(13)16/h2-5,13H,6-11H2,1H3. The van der Waals surface area contributed by atoms with Crippen LogP contribution in [0.4, 0.5) is 0 Å². The Hall–Kier alpha value is -1.19. The molecule has 0 radical (unpaired) electrons. The van der Waals surface area contributed by atoms with Gasteiger partial charge in [0.05, 0.1) is 13.2 Å².